The molecule has 0 saturated carbocycles. The molecule has 1 aromatic rings. The van der Waals surface area contributed by atoms with Gasteiger partial charge in [0.1, 0.15) is 18.5 Å². The Morgan fingerprint density at radius 2 is 2.29 bits per heavy atom. The maximum Gasteiger partial charge on any atom is 0.138 e. The summed E-state index contributed by atoms with van der Waals surface area (Å²) in [5.41, 5.74) is 0. The van der Waals surface area contributed by atoms with E-state index in [0.717, 1.165) is 19.6 Å². The summed E-state index contributed by atoms with van der Waals surface area (Å²) in [5.74, 6) is 1.31. The second kappa shape index (κ2) is 8.59. The zero-order valence-corrected chi connectivity index (χ0v) is 13.4. The Bertz CT molecular complexity index is 430. The third-order valence-corrected chi connectivity index (χ3v) is 4.21. The van der Waals surface area contributed by atoms with Gasteiger partial charge in [-0.25, -0.2) is 0 Å². The predicted octanol–water partition coefficient (Wildman–Crippen LogP) is 2.01. The van der Waals surface area contributed by atoms with E-state index in [4.69, 9.17) is 16.3 Å². The first-order valence-corrected chi connectivity index (χ1v) is 8.05. The van der Waals surface area contributed by atoms with Crippen molar-refractivity contribution in [2.24, 2.45) is 5.92 Å². The van der Waals surface area contributed by atoms with Crippen molar-refractivity contribution in [1.82, 2.24) is 10.2 Å². The van der Waals surface area contributed by atoms with Crippen molar-refractivity contribution in [3.05, 3.63) is 29.3 Å². The van der Waals surface area contributed by atoms with Crippen LogP contribution >= 0.6 is 11.6 Å². The zero-order valence-electron chi connectivity index (χ0n) is 12.6. The van der Waals surface area contributed by atoms with Crippen LogP contribution in [0.1, 0.15) is 13.3 Å². The van der Waals surface area contributed by atoms with E-state index in [-0.39, 0.29) is 6.61 Å². The minimum absolute atomic E-state index is 0.252. The Morgan fingerprint density at radius 3 is 3.00 bits per heavy atom. The molecule has 1 saturated heterocycles. The average molecular weight is 313 g/mol. The van der Waals surface area contributed by atoms with Crippen molar-refractivity contribution in [2.45, 2.75) is 19.4 Å². The summed E-state index contributed by atoms with van der Waals surface area (Å²) in [4.78, 5) is 2.46. The lowest BCUT2D eigenvalue weighted by atomic mass is 10.1. The van der Waals surface area contributed by atoms with Crippen molar-refractivity contribution in [3.8, 4) is 5.75 Å². The highest BCUT2D eigenvalue weighted by Crippen LogP contribution is 2.23. The molecule has 1 fully saturated rings. The lowest BCUT2D eigenvalue weighted by molar-refractivity contribution is 0.105. The zero-order chi connectivity index (χ0) is 15.1. The van der Waals surface area contributed by atoms with Crippen LogP contribution in [0, 0.1) is 5.92 Å². The van der Waals surface area contributed by atoms with Crippen LogP contribution in [-0.4, -0.2) is 55.4 Å². The molecular weight excluding hydrogens is 288 g/mol. The van der Waals surface area contributed by atoms with Gasteiger partial charge in [-0.15, -0.1) is 0 Å². The van der Waals surface area contributed by atoms with Crippen LogP contribution in [0.5, 0.6) is 5.75 Å². The molecule has 5 heteroatoms. The molecule has 1 heterocycles. The van der Waals surface area contributed by atoms with Gasteiger partial charge >= 0.3 is 0 Å². The van der Waals surface area contributed by atoms with Crippen LogP contribution in [0.2, 0.25) is 5.02 Å². The highest BCUT2D eigenvalue weighted by atomic mass is 35.5. The molecule has 0 amide bonds. The first-order chi connectivity index (χ1) is 10.2. The maximum absolute atomic E-state index is 9.93. The molecule has 4 nitrogen and oxygen atoms in total. The van der Waals surface area contributed by atoms with E-state index >= 15 is 0 Å². The number of benzene rings is 1. The molecule has 2 N–H and O–H groups in total. The van der Waals surface area contributed by atoms with Crippen molar-refractivity contribution in [1.29, 1.82) is 0 Å². The molecule has 1 aliphatic rings. The molecule has 0 spiro atoms. The Kier molecular flexibility index (Phi) is 6.77. The first kappa shape index (κ1) is 16.6. The van der Waals surface area contributed by atoms with E-state index in [1.807, 2.05) is 12.1 Å². The van der Waals surface area contributed by atoms with Gasteiger partial charge in [-0.1, -0.05) is 30.7 Å². The second-order valence-corrected chi connectivity index (χ2v) is 6.01. The second-order valence-electron chi connectivity index (χ2n) is 5.60. The van der Waals surface area contributed by atoms with Crippen LogP contribution in [0.3, 0.4) is 0 Å². The van der Waals surface area contributed by atoms with Gasteiger partial charge in [-0.3, -0.25) is 0 Å². The molecule has 1 aromatic carbocycles. The van der Waals surface area contributed by atoms with Crippen LogP contribution in [0.25, 0.3) is 0 Å². The highest BCUT2D eigenvalue weighted by Gasteiger charge is 2.20. The molecule has 21 heavy (non-hydrogen) atoms. The van der Waals surface area contributed by atoms with Gasteiger partial charge in [0.2, 0.25) is 0 Å². The van der Waals surface area contributed by atoms with Gasteiger partial charge in [0.25, 0.3) is 0 Å². The largest absolute Gasteiger partial charge is 0.489 e. The monoisotopic (exact) mass is 312 g/mol. The summed E-state index contributed by atoms with van der Waals surface area (Å²) in [7, 11) is 0. The number of aliphatic hydroxyl groups excluding tert-OH is 1. The van der Waals surface area contributed by atoms with Gasteiger partial charge in [-0.2, -0.15) is 0 Å². The van der Waals surface area contributed by atoms with Crippen molar-refractivity contribution in [2.75, 3.05) is 39.3 Å². The van der Waals surface area contributed by atoms with E-state index in [9.17, 15) is 5.11 Å². The van der Waals surface area contributed by atoms with Gasteiger partial charge in [-0.05, 0) is 44.1 Å². The van der Waals surface area contributed by atoms with E-state index < -0.39 is 6.10 Å². The van der Waals surface area contributed by atoms with E-state index in [1.165, 1.54) is 13.0 Å². The Morgan fingerprint density at radius 1 is 1.48 bits per heavy atom. The minimum atomic E-state index is -0.523. The molecule has 0 aliphatic carbocycles. The number of halogens is 1. The minimum Gasteiger partial charge on any atom is -0.489 e. The SMILES string of the molecule is CCN1CCC(CNCC(O)COc2ccccc2Cl)C1. The average Bonchev–Trinajstić information content (AvgIpc) is 2.94. The van der Waals surface area contributed by atoms with E-state index in [0.29, 0.717) is 23.2 Å². The molecule has 2 atom stereocenters. The number of hydrogen-bond acceptors (Lipinski definition) is 4. The summed E-state index contributed by atoms with van der Waals surface area (Å²) in [6.07, 6.45) is 0.720. The summed E-state index contributed by atoms with van der Waals surface area (Å²) in [6, 6.07) is 7.31. The third-order valence-electron chi connectivity index (χ3n) is 3.90. The number of ether oxygens (including phenoxy) is 1. The standard InChI is InChI=1S/C16H25ClN2O2/c1-2-19-8-7-13(11-19)9-18-10-14(20)12-21-16-6-4-3-5-15(16)17/h3-6,13-14,18,20H,2,7-12H2,1H3. The Hall–Kier alpha value is -0.810. The van der Waals surface area contributed by atoms with Crippen LogP contribution < -0.4 is 10.1 Å². The summed E-state index contributed by atoms with van der Waals surface area (Å²) in [5, 5.41) is 13.8. The lowest BCUT2D eigenvalue weighted by Gasteiger charge is -2.16. The molecule has 0 aromatic heterocycles. The number of nitrogens with zero attached hydrogens (tertiary/aromatic N) is 1. The number of rotatable bonds is 8. The van der Waals surface area contributed by atoms with Crippen LogP contribution in [0.4, 0.5) is 0 Å². The van der Waals surface area contributed by atoms with Gasteiger partial charge in [0, 0.05) is 13.1 Å². The van der Waals surface area contributed by atoms with Gasteiger partial charge in [0.15, 0.2) is 0 Å². The first-order valence-electron chi connectivity index (χ1n) is 7.67. The predicted molar refractivity (Wildman–Crippen MR) is 86.0 cm³/mol. The number of nitrogens with one attached hydrogen (secondary N) is 1. The number of hydrogen-bond donors (Lipinski definition) is 2. The van der Waals surface area contributed by atoms with Crippen molar-refractivity contribution < 1.29 is 9.84 Å². The Labute approximate surface area is 132 Å². The number of para-hydroxylation sites is 1. The van der Waals surface area contributed by atoms with Crippen molar-refractivity contribution in [3.63, 3.8) is 0 Å². The molecule has 118 valence electrons. The fraction of sp³-hybridized carbons (Fsp3) is 0.625. The molecule has 2 rings (SSSR count). The van der Waals surface area contributed by atoms with Crippen LogP contribution in [0.15, 0.2) is 24.3 Å². The fourth-order valence-electron chi connectivity index (χ4n) is 2.63. The quantitative estimate of drug-likeness (QED) is 0.771. The summed E-state index contributed by atoms with van der Waals surface area (Å²) < 4.78 is 5.53. The number of aliphatic hydroxyl groups is 1. The molecular formula is C16H25ClN2O2. The number of likely N-dealkylation sites (tertiary alicyclic amines) is 1. The smallest absolute Gasteiger partial charge is 0.138 e. The lowest BCUT2D eigenvalue weighted by Crippen LogP contribution is -2.35. The highest BCUT2D eigenvalue weighted by molar-refractivity contribution is 6.32. The van der Waals surface area contributed by atoms with Crippen molar-refractivity contribution >= 4 is 11.6 Å². The molecule has 1 aliphatic heterocycles. The molecule has 0 bridgehead atoms. The van der Waals surface area contributed by atoms with Crippen LogP contribution in [-0.2, 0) is 0 Å². The van der Waals surface area contributed by atoms with Gasteiger partial charge in [0.05, 0.1) is 5.02 Å². The Balaban J connectivity index is 1.60. The molecule has 2 unspecified atom stereocenters. The third kappa shape index (κ3) is 5.47. The fourth-order valence-corrected chi connectivity index (χ4v) is 2.82. The van der Waals surface area contributed by atoms with E-state index in [1.54, 1.807) is 12.1 Å². The topological polar surface area (TPSA) is 44.7 Å². The normalized spacial score (nSPS) is 20.6. The summed E-state index contributed by atoms with van der Waals surface area (Å²) >= 11 is 6.00. The van der Waals surface area contributed by atoms with E-state index in [2.05, 4.69) is 17.1 Å². The maximum atomic E-state index is 9.93. The molecule has 0 radical (unpaired) electrons. The summed E-state index contributed by atoms with van der Waals surface area (Å²) in [6.45, 7) is 7.45. The van der Waals surface area contributed by atoms with Gasteiger partial charge < -0.3 is 20.1 Å².